The van der Waals surface area contributed by atoms with E-state index >= 15 is 0 Å². The number of nitrogens with one attached hydrogen (secondary N) is 1. The molecule has 0 aliphatic carbocycles. The molecule has 3 N–H and O–H groups in total. The van der Waals surface area contributed by atoms with Gasteiger partial charge in [-0.2, -0.15) is 13.2 Å². The van der Waals surface area contributed by atoms with Gasteiger partial charge in [0.25, 0.3) is 5.91 Å². The first-order valence-electron chi connectivity index (χ1n) is 11.7. The second kappa shape index (κ2) is 11.5. The molecule has 196 valence electrons. The molecule has 3 heterocycles. The Bertz CT molecular complexity index is 1230. The van der Waals surface area contributed by atoms with Gasteiger partial charge in [-0.3, -0.25) is 4.79 Å². The van der Waals surface area contributed by atoms with Crippen LogP contribution in [0.1, 0.15) is 41.7 Å². The van der Waals surface area contributed by atoms with Gasteiger partial charge in [0.05, 0.1) is 42.1 Å². The van der Waals surface area contributed by atoms with E-state index in [0.29, 0.717) is 24.4 Å². The van der Waals surface area contributed by atoms with Gasteiger partial charge in [-0.05, 0) is 44.5 Å². The molecule has 1 aromatic carbocycles. The largest absolute Gasteiger partial charge is 0.463 e. The quantitative estimate of drug-likeness (QED) is 0.319. The van der Waals surface area contributed by atoms with Crippen LogP contribution in [0.3, 0.4) is 0 Å². The second-order valence-corrected chi connectivity index (χ2v) is 8.49. The Balaban J connectivity index is 1.40. The number of rotatable bonds is 9. The van der Waals surface area contributed by atoms with Gasteiger partial charge in [0.2, 0.25) is 0 Å². The van der Waals surface area contributed by atoms with Crippen molar-refractivity contribution < 1.29 is 27.1 Å². The smallest absolute Gasteiger partial charge is 0.419 e. The van der Waals surface area contributed by atoms with E-state index in [9.17, 15) is 22.4 Å². The van der Waals surface area contributed by atoms with Crippen LogP contribution < -0.4 is 15.8 Å². The molecule has 0 radical (unpaired) electrons. The third kappa shape index (κ3) is 6.88. The van der Waals surface area contributed by atoms with Crippen molar-refractivity contribution in [3.63, 3.8) is 0 Å². The van der Waals surface area contributed by atoms with Crippen molar-refractivity contribution in [3.8, 4) is 17.3 Å². The maximum Gasteiger partial charge on any atom is 0.419 e. The number of carbonyl (C=O) groups is 1. The minimum Gasteiger partial charge on any atom is -0.463 e. The van der Waals surface area contributed by atoms with Crippen LogP contribution in [-0.2, 0) is 6.18 Å². The summed E-state index contributed by atoms with van der Waals surface area (Å²) in [6.07, 6.45) is 3.81. The van der Waals surface area contributed by atoms with Crippen molar-refractivity contribution in [2.45, 2.75) is 31.9 Å². The third-order valence-corrected chi connectivity index (χ3v) is 5.77. The van der Waals surface area contributed by atoms with Crippen LogP contribution in [0.2, 0.25) is 0 Å². The zero-order chi connectivity index (χ0) is 26.4. The molecule has 0 spiro atoms. The molecule has 4 rings (SSSR count). The van der Waals surface area contributed by atoms with E-state index in [2.05, 4.69) is 30.2 Å². The lowest BCUT2D eigenvalue weighted by molar-refractivity contribution is -0.139. The molecule has 1 saturated heterocycles. The van der Waals surface area contributed by atoms with Crippen LogP contribution in [0.5, 0.6) is 6.01 Å². The summed E-state index contributed by atoms with van der Waals surface area (Å²) < 4.78 is 58.0. The van der Waals surface area contributed by atoms with Crippen LogP contribution in [-0.4, -0.2) is 57.0 Å². The van der Waals surface area contributed by atoms with Gasteiger partial charge in [-0.15, -0.1) is 0 Å². The first-order valence-corrected chi connectivity index (χ1v) is 11.7. The number of ether oxygens (including phenoxy) is 1. The van der Waals surface area contributed by atoms with Gasteiger partial charge in [0.1, 0.15) is 5.82 Å². The normalized spacial score (nSPS) is 14.4. The molecule has 9 nitrogen and oxygen atoms in total. The number of amides is 1. The fourth-order valence-corrected chi connectivity index (χ4v) is 3.92. The summed E-state index contributed by atoms with van der Waals surface area (Å²) in [6, 6.07) is 2.50. The summed E-state index contributed by atoms with van der Waals surface area (Å²) >= 11 is 0. The van der Waals surface area contributed by atoms with Gasteiger partial charge in [-0.25, -0.2) is 24.3 Å². The van der Waals surface area contributed by atoms with Gasteiger partial charge in [-0.1, -0.05) is 12.5 Å². The van der Waals surface area contributed by atoms with E-state index in [0.717, 1.165) is 32.1 Å². The number of nitrogens with zero attached hydrogens (tertiary/aromatic N) is 5. The lowest BCUT2D eigenvalue weighted by atomic mass is 10.1. The number of piperidine rings is 1. The Morgan fingerprint density at radius 2 is 1.81 bits per heavy atom. The van der Waals surface area contributed by atoms with E-state index < -0.39 is 23.5 Å². The average Bonchev–Trinajstić information content (AvgIpc) is 2.87. The molecular weight excluding hydrogens is 494 g/mol. The Morgan fingerprint density at radius 3 is 2.46 bits per heavy atom. The minimum absolute atomic E-state index is 0.00262. The van der Waals surface area contributed by atoms with E-state index in [-0.39, 0.29) is 28.8 Å². The molecule has 1 amide bonds. The lowest BCUT2D eigenvalue weighted by Crippen LogP contribution is -2.31. The summed E-state index contributed by atoms with van der Waals surface area (Å²) in [5.74, 6) is -2.44. The highest BCUT2D eigenvalue weighted by Crippen LogP contribution is 2.33. The maximum absolute atomic E-state index is 14.0. The number of hydrogen-bond acceptors (Lipinski definition) is 8. The van der Waals surface area contributed by atoms with Crippen molar-refractivity contribution in [3.05, 3.63) is 53.9 Å². The number of nitrogens with two attached hydrogens (primary N) is 1. The third-order valence-electron chi connectivity index (χ3n) is 5.77. The molecule has 0 unspecified atom stereocenters. The van der Waals surface area contributed by atoms with Crippen molar-refractivity contribution in [1.29, 1.82) is 0 Å². The Labute approximate surface area is 210 Å². The molecule has 13 heteroatoms. The summed E-state index contributed by atoms with van der Waals surface area (Å²) in [7, 11) is 0. The van der Waals surface area contributed by atoms with E-state index in [1.54, 1.807) is 0 Å². The van der Waals surface area contributed by atoms with Crippen LogP contribution in [0.15, 0.2) is 36.8 Å². The number of benzene rings is 1. The zero-order valence-electron chi connectivity index (χ0n) is 19.8. The zero-order valence-corrected chi connectivity index (χ0v) is 19.8. The van der Waals surface area contributed by atoms with Crippen molar-refractivity contribution >= 4 is 17.4 Å². The first-order chi connectivity index (χ1) is 17.7. The monoisotopic (exact) mass is 519 g/mol. The average molecular weight is 520 g/mol. The number of carbonyl (C=O) groups excluding carboxylic acids is 1. The highest BCUT2D eigenvalue weighted by molar-refractivity contribution is 5.96. The Morgan fingerprint density at radius 1 is 1.08 bits per heavy atom. The van der Waals surface area contributed by atoms with Crippen LogP contribution in [0, 0.1) is 5.82 Å². The fraction of sp³-hybridized carbons (Fsp3) is 0.375. The molecule has 1 fully saturated rings. The molecule has 1 aliphatic rings. The standard InChI is InChI=1S/C24H25F4N7O2/c25-18-11-15(5-6-17(18)24(26,27)28)19-14-30-22(20(34-19)21(29)36)33-16-12-31-23(32-13-16)37-10-4-9-35-7-2-1-3-8-35/h5-6,11-14H,1-4,7-10H2,(H2,29,36)(H,30,33). The summed E-state index contributed by atoms with van der Waals surface area (Å²) in [5.41, 5.74) is 4.04. The highest BCUT2D eigenvalue weighted by atomic mass is 19.4. The Hall–Kier alpha value is -3.87. The minimum atomic E-state index is -4.84. The van der Waals surface area contributed by atoms with Gasteiger partial charge < -0.3 is 20.7 Å². The van der Waals surface area contributed by atoms with Gasteiger partial charge >= 0.3 is 12.2 Å². The van der Waals surface area contributed by atoms with E-state index in [1.807, 2.05) is 0 Å². The number of alkyl halides is 3. The summed E-state index contributed by atoms with van der Waals surface area (Å²) in [6.45, 7) is 3.68. The van der Waals surface area contributed by atoms with Crippen LogP contribution in [0.25, 0.3) is 11.3 Å². The number of primary amides is 1. The molecule has 1 aliphatic heterocycles. The van der Waals surface area contributed by atoms with Crippen molar-refractivity contribution in [1.82, 2.24) is 24.8 Å². The van der Waals surface area contributed by atoms with Gasteiger partial charge in [0, 0.05) is 12.1 Å². The van der Waals surface area contributed by atoms with Crippen LogP contribution in [0.4, 0.5) is 29.1 Å². The predicted octanol–water partition coefficient (Wildman–Crippen LogP) is 4.19. The molecule has 3 aromatic rings. The summed E-state index contributed by atoms with van der Waals surface area (Å²) in [5, 5.41) is 2.83. The number of halogens is 4. The molecular formula is C24H25F4N7O2. The fourth-order valence-electron chi connectivity index (χ4n) is 3.92. The molecule has 0 saturated carbocycles. The van der Waals surface area contributed by atoms with E-state index in [1.165, 1.54) is 37.9 Å². The molecule has 2 aromatic heterocycles. The van der Waals surface area contributed by atoms with Crippen LogP contribution >= 0.6 is 0 Å². The SMILES string of the molecule is NC(=O)c1nc(-c2ccc(C(F)(F)F)c(F)c2)cnc1Nc1cnc(OCCCN2CCCCC2)nc1. The predicted molar refractivity (Wildman–Crippen MR) is 127 cm³/mol. The number of hydrogen-bond donors (Lipinski definition) is 2. The molecule has 0 atom stereocenters. The number of likely N-dealkylation sites (tertiary alicyclic amines) is 1. The number of aromatic nitrogens is 4. The summed E-state index contributed by atoms with van der Waals surface area (Å²) in [4.78, 5) is 30.8. The Kier molecular flexibility index (Phi) is 8.11. The van der Waals surface area contributed by atoms with Gasteiger partial charge in [0.15, 0.2) is 11.5 Å². The molecule has 37 heavy (non-hydrogen) atoms. The number of anilines is 2. The maximum atomic E-state index is 14.0. The molecule has 0 bridgehead atoms. The second-order valence-electron chi connectivity index (χ2n) is 8.49. The van der Waals surface area contributed by atoms with E-state index in [4.69, 9.17) is 10.5 Å². The highest BCUT2D eigenvalue weighted by Gasteiger charge is 2.34. The lowest BCUT2D eigenvalue weighted by Gasteiger charge is -2.26. The topological polar surface area (TPSA) is 119 Å². The van der Waals surface area contributed by atoms with Crippen molar-refractivity contribution in [2.75, 3.05) is 31.6 Å². The van der Waals surface area contributed by atoms with Crippen molar-refractivity contribution in [2.24, 2.45) is 5.73 Å². The first kappa shape index (κ1) is 26.2.